The minimum atomic E-state index is -4.55. The number of hydrogen-bond donors (Lipinski definition) is 1. The molecule has 0 aliphatic heterocycles. The fraction of sp³-hybridized carbons (Fsp3) is 0.231. The number of para-hydroxylation sites is 1. The van der Waals surface area contributed by atoms with E-state index in [9.17, 15) is 17.6 Å². The molecule has 0 unspecified atom stereocenters. The summed E-state index contributed by atoms with van der Waals surface area (Å²) >= 11 is 1.40. The summed E-state index contributed by atoms with van der Waals surface area (Å²) in [6.45, 7) is 0. The van der Waals surface area contributed by atoms with Gasteiger partial charge >= 0.3 is 12.5 Å². The van der Waals surface area contributed by atoms with E-state index < -0.39 is 18.6 Å². The lowest BCUT2D eigenvalue weighted by Crippen LogP contribution is -2.34. The molecule has 2 aromatic rings. The summed E-state index contributed by atoms with van der Waals surface area (Å²) in [6, 6.07) is 6.68. The maximum atomic E-state index is 13.0. The van der Waals surface area contributed by atoms with Crippen LogP contribution in [-0.2, 0) is 0 Å². The molecule has 2 rings (SSSR count). The van der Waals surface area contributed by atoms with Gasteiger partial charge in [0.25, 0.3) is 0 Å². The number of rotatable bonds is 5. The molecule has 1 heterocycles. The lowest BCUT2D eigenvalue weighted by atomic mass is 10.0. The Hall–Kier alpha value is -1.60. The number of hydrogen-bond acceptors (Lipinski definition) is 3. The Balaban J connectivity index is 2.31. The Kier molecular flexibility index (Phi) is 4.29. The molecule has 0 saturated heterocycles. The Morgan fingerprint density at radius 3 is 2.45 bits per heavy atom. The van der Waals surface area contributed by atoms with Crippen molar-refractivity contribution in [3.63, 3.8) is 0 Å². The number of benzene rings is 1. The van der Waals surface area contributed by atoms with E-state index in [1.807, 2.05) is 0 Å². The first-order valence-electron chi connectivity index (χ1n) is 5.63. The molecular formula is C13H11F4NOS. The number of thiophene rings is 1. The van der Waals surface area contributed by atoms with Crippen molar-refractivity contribution in [2.45, 2.75) is 18.6 Å². The van der Waals surface area contributed by atoms with Crippen molar-refractivity contribution in [3.05, 3.63) is 52.2 Å². The Bertz CT molecular complexity index is 559. The topological polar surface area (TPSA) is 35.2 Å². The van der Waals surface area contributed by atoms with Crippen LogP contribution in [0.1, 0.15) is 17.2 Å². The number of nitrogens with two attached hydrogens (primary N) is 1. The van der Waals surface area contributed by atoms with Crippen LogP contribution >= 0.6 is 11.3 Å². The Morgan fingerprint density at radius 1 is 1.15 bits per heavy atom. The smallest absolute Gasteiger partial charge is 0.428 e. The van der Waals surface area contributed by atoms with Crippen LogP contribution in [0, 0.1) is 0 Å². The molecule has 0 aliphatic rings. The molecule has 7 heteroatoms. The van der Waals surface area contributed by atoms with Gasteiger partial charge in [-0.15, -0.1) is 0 Å². The van der Waals surface area contributed by atoms with Gasteiger partial charge in [-0.25, -0.2) is 0 Å². The van der Waals surface area contributed by atoms with Crippen LogP contribution in [0.3, 0.4) is 0 Å². The molecule has 1 aromatic heterocycles. The van der Waals surface area contributed by atoms with Gasteiger partial charge < -0.3 is 10.5 Å². The van der Waals surface area contributed by atoms with Crippen LogP contribution in [-0.4, -0.2) is 12.5 Å². The van der Waals surface area contributed by atoms with Crippen molar-refractivity contribution in [2.75, 3.05) is 0 Å². The third kappa shape index (κ3) is 3.10. The summed E-state index contributed by atoms with van der Waals surface area (Å²) in [4.78, 5) is 0. The Morgan fingerprint density at radius 2 is 1.85 bits per heavy atom. The lowest BCUT2D eigenvalue weighted by Gasteiger charge is -2.21. The summed E-state index contributed by atoms with van der Waals surface area (Å²) in [7, 11) is 0. The highest BCUT2D eigenvalue weighted by molar-refractivity contribution is 7.08. The standard InChI is InChI=1S/C13H11F4NOS/c14-12(15)13(16,17)19-10-4-2-1-3-9(10)11(18)8-5-6-20-7-8/h1-7,11-12H,18H2/t11-/m1/s1. The first kappa shape index (κ1) is 14.8. The van der Waals surface area contributed by atoms with Crippen molar-refractivity contribution in [1.82, 2.24) is 0 Å². The second-order valence-corrected chi connectivity index (χ2v) is 4.82. The molecule has 2 nitrogen and oxygen atoms in total. The molecule has 108 valence electrons. The second-order valence-electron chi connectivity index (χ2n) is 4.04. The van der Waals surface area contributed by atoms with Gasteiger partial charge in [0, 0.05) is 5.56 Å². The van der Waals surface area contributed by atoms with Gasteiger partial charge in [-0.2, -0.15) is 28.9 Å². The molecule has 0 aliphatic carbocycles. The number of halogens is 4. The highest BCUT2D eigenvalue weighted by Crippen LogP contribution is 2.34. The third-order valence-electron chi connectivity index (χ3n) is 2.66. The number of alkyl halides is 4. The first-order chi connectivity index (χ1) is 9.42. The highest BCUT2D eigenvalue weighted by Gasteiger charge is 2.44. The van der Waals surface area contributed by atoms with Crippen molar-refractivity contribution in [1.29, 1.82) is 0 Å². The Labute approximate surface area is 116 Å². The van der Waals surface area contributed by atoms with Crippen LogP contribution in [0.5, 0.6) is 5.75 Å². The van der Waals surface area contributed by atoms with Crippen LogP contribution in [0.25, 0.3) is 0 Å². The molecule has 1 atom stereocenters. The summed E-state index contributed by atoms with van der Waals surface area (Å²) in [6.07, 6.45) is -8.46. The molecule has 0 amide bonds. The zero-order valence-electron chi connectivity index (χ0n) is 10.1. The number of ether oxygens (including phenoxy) is 1. The predicted octanol–water partition coefficient (Wildman–Crippen LogP) is 4.03. The van der Waals surface area contributed by atoms with E-state index in [4.69, 9.17) is 5.73 Å². The van der Waals surface area contributed by atoms with E-state index >= 15 is 0 Å². The van der Waals surface area contributed by atoms with Crippen LogP contribution < -0.4 is 10.5 Å². The summed E-state index contributed by atoms with van der Waals surface area (Å²) in [5.74, 6) is -0.350. The van der Waals surface area contributed by atoms with Crippen molar-refractivity contribution in [2.24, 2.45) is 5.73 Å². The summed E-state index contributed by atoms with van der Waals surface area (Å²) in [5, 5.41) is 3.54. The van der Waals surface area contributed by atoms with E-state index in [1.165, 1.54) is 29.5 Å². The predicted molar refractivity (Wildman–Crippen MR) is 68.4 cm³/mol. The van der Waals surface area contributed by atoms with E-state index in [-0.39, 0.29) is 11.3 Å². The third-order valence-corrected chi connectivity index (χ3v) is 3.36. The van der Waals surface area contributed by atoms with Crippen molar-refractivity contribution in [3.8, 4) is 5.75 Å². The molecular weight excluding hydrogens is 294 g/mol. The highest BCUT2D eigenvalue weighted by atomic mass is 32.1. The van der Waals surface area contributed by atoms with Crippen LogP contribution in [0.2, 0.25) is 0 Å². The maximum Gasteiger partial charge on any atom is 0.461 e. The average molecular weight is 305 g/mol. The van der Waals surface area contributed by atoms with Crippen LogP contribution in [0.15, 0.2) is 41.1 Å². The molecule has 0 radical (unpaired) electrons. The molecule has 0 spiro atoms. The van der Waals surface area contributed by atoms with Crippen LogP contribution in [0.4, 0.5) is 17.6 Å². The molecule has 0 bridgehead atoms. The summed E-state index contributed by atoms with van der Waals surface area (Å²) in [5.41, 5.74) is 6.88. The summed E-state index contributed by atoms with van der Waals surface area (Å²) < 4.78 is 54.6. The minimum absolute atomic E-state index is 0.228. The largest absolute Gasteiger partial charge is 0.461 e. The fourth-order valence-corrected chi connectivity index (χ4v) is 2.35. The van der Waals surface area contributed by atoms with Gasteiger partial charge in [-0.3, -0.25) is 0 Å². The quantitative estimate of drug-likeness (QED) is 0.846. The first-order valence-corrected chi connectivity index (χ1v) is 6.57. The van der Waals surface area contributed by atoms with Crippen molar-refractivity contribution >= 4 is 11.3 Å². The van der Waals surface area contributed by atoms with Gasteiger partial charge in [0.15, 0.2) is 0 Å². The van der Waals surface area contributed by atoms with E-state index in [0.717, 1.165) is 0 Å². The van der Waals surface area contributed by atoms with Crippen molar-refractivity contribution < 1.29 is 22.3 Å². The normalized spacial score (nSPS) is 13.5. The van der Waals surface area contributed by atoms with E-state index in [1.54, 1.807) is 22.9 Å². The van der Waals surface area contributed by atoms with E-state index in [2.05, 4.69) is 4.74 Å². The average Bonchev–Trinajstić information content (AvgIpc) is 2.92. The molecule has 1 aromatic carbocycles. The maximum absolute atomic E-state index is 13.0. The van der Waals surface area contributed by atoms with Gasteiger partial charge in [0.2, 0.25) is 0 Å². The molecule has 0 saturated carbocycles. The van der Waals surface area contributed by atoms with Gasteiger partial charge in [0.1, 0.15) is 5.75 Å². The zero-order valence-corrected chi connectivity index (χ0v) is 10.9. The lowest BCUT2D eigenvalue weighted by molar-refractivity contribution is -0.253. The van der Waals surface area contributed by atoms with E-state index in [0.29, 0.717) is 5.56 Å². The van der Waals surface area contributed by atoms with Gasteiger partial charge in [-0.1, -0.05) is 18.2 Å². The van der Waals surface area contributed by atoms with Gasteiger partial charge in [0.05, 0.1) is 6.04 Å². The van der Waals surface area contributed by atoms with Gasteiger partial charge in [-0.05, 0) is 28.5 Å². The molecule has 0 fully saturated rings. The second kappa shape index (κ2) is 5.80. The zero-order chi connectivity index (χ0) is 14.8. The SMILES string of the molecule is N[C@H](c1ccsc1)c1ccccc1OC(F)(F)C(F)F. The monoisotopic (exact) mass is 305 g/mol. The minimum Gasteiger partial charge on any atom is -0.428 e. The fourth-order valence-electron chi connectivity index (χ4n) is 1.65. The molecule has 2 N–H and O–H groups in total. The molecule has 20 heavy (non-hydrogen) atoms.